The maximum atomic E-state index is 13.6. The van der Waals surface area contributed by atoms with Gasteiger partial charge in [-0.25, -0.2) is 14.6 Å². The quantitative estimate of drug-likeness (QED) is 0.440. The van der Waals surface area contributed by atoms with Gasteiger partial charge in [-0.15, -0.1) is 0 Å². The second-order valence-electron chi connectivity index (χ2n) is 7.84. The molecule has 0 aliphatic carbocycles. The van der Waals surface area contributed by atoms with Gasteiger partial charge in [-0.2, -0.15) is 13.2 Å². The van der Waals surface area contributed by atoms with Gasteiger partial charge in [0.2, 0.25) is 0 Å². The number of pyridine rings is 1. The van der Waals surface area contributed by atoms with Crippen LogP contribution in [0.5, 0.6) is 0 Å². The predicted octanol–water partition coefficient (Wildman–Crippen LogP) is 4.48. The smallest absolute Gasteiger partial charge is 0.428 e. The Hall–Kier alpha value is -1.88. The van der Waals surface area contributed by atoms with Gasteiger partial charge in [0.05, 0.1) is 18.9 Å². The van der Waals surface area contributed by atoms with E-state index in [1.165, 1.54) is 19.9 Å². The Bertz CT molecular complexity index is 769. The molecule has 1 heterocycles. The lowest BCUT2D eigenvalue weighted by Gasteiger charge is -2.36. The molecule has 1 aromatic rings. The zero-order chi connectivity index (χ0) is 23.4. The molecule has 1 aromatic heterocycles. The fourth-order valence-electron chi connectivity index (χ4n) is 2.23. The molecule has 1 N–H and O–H groups in total. The summed E-state index contributed by atoms with van der Waals surface area (Å²) in [4.78, 5) is 28.6. The van der Waals surface area contributed by atoms with Crippen LogP contribution in [0.3, 0.4) is 0 Å². The highest BCUT2D eigenvalue weighted by Gasteiger charge is 2.60. The first-order valence-electron chi connectivity index (χ1n) is 9.06. The molecule has 0 aliphatic rings. The van der Waals surface area contributed by atoms with Gasteiger partial charge in [0.25, 0.3) is 5.60 Å². The maximum Gasteiger partial charge on any atom is 0.428 e. The summed E-state index contributed by atoms with van der Waals surface area (Å²) in [5.74, 6) is -1.58. The van der Waals surface area contributed by atoms with Crippen LogP contribution < -0.4 is 5.32 Å². The van der Waals surface area contributed by atoms with E-state index in [1.54, 1.807) is 32.9 Å². The van der Waals surface area contributed by atoms with Crippen LogP contribution >= 0.6 is 15.9 Å². The molecule has 1 rings (SSSR count). The molecule has 30 heavy (non-hydrogen) atoms. The number of carbonyl (C=O) groups excluding carboxylic acids is 2. The molecule has 0 unspecified atom stereocenters. The minimum atomic E-state index is -5.06. The van der Waals surface area contributed by atoms with E-state index < -0.39 is 41.6 Å². The zero-order valence-corrected chi connectivity index (χ0v) is 19.2. The molecule has 0 saturated carbocycles. The number of ether oxygens (including phenoxy) is 3. The van der Waals surface area contributed by atoms with E-state index in [9.17, 15) is 22.8 Å². The number of amides is 1. The van der Waals surface area contributed by atoms with Gasteiger partial charge < -0.3 is 19.5 Å². The molecule has 170 valence electrons. The number of hydrogen-bond donors (Lipinski definition) is 1. The topological polar surface area (TPSA) is 86.8 Å². The highest BCUT2D eigenvalue weighted by molar-refractivity contribution is 9.10. The molecule has 1 amide bonds. The lowest BCUT2D eigenvalue weighted by Crippen LogP contribution is -2.57. The van der Waals surface area contributed by atoms with Crippen molar-refractivity contribution in [3.63, 3.8) is 0 Å². The van der Waals surface area contributed by atoms with Crippen molar-refractivity contribution in [1.82, 2.24) is 10.3 Å². The second-order valence-corrected chi connectivity index (χ2v) is 8.66. The summed E-state index contributed by atoms with van der Waals surface area (Å²) >= 11 is 3.19. The third kappa shape index (κ3) is 6.83. The summed E-state index contributed by atoms with van der Waals surface area (Å²) in [5.41, 5.74) is -5.46. The molecule has 0 bridgehead atoms. The van der Waals surface area contributed by atoms with E-state index in [1.807, 2.05) is 0 Å². The van der Waals surface area contributed by atoms with Gasteiger partial charge in [-0.05, 0) is 69.6 Å². The van der Waals surface area contributed by atoms with Crippen LogP contribution in [-0.4, -0.2) is 47.6 Å². The molecular formula is C19H26BrF3N2O5. The first kappa shape index (κ1) is 26.2. The second kappa shape index (κ2) is 9.51. The number of carbonyl (C=O) groups is 2. The van der Waals surface area contributed by atoms with Gasteiger partial charge in [-0.3, -0.25) is 0 Å². The first-order valence-corrected chi connectivity index (χ1v) is 9.85. The third-order valence-corrected chi connectivity index (χ3v) is 4.35. The number of nitrogens with zero attached hydrogens (tertiary/aromatic N) is 1. The monoisotopic (exact) mass is 498 g/mol. The van der Waals surface area contributed by atoms with Gasteiger partial charge in [0, 0.05) is 0 Å². The van der Waals surface area contributed by atoms with Crippen molar-refractivity contribution < 1.29 is 37.0 Å². The van der Waals surface area contributed by atoms with Crippen molar-refractivity contribution in [2.45, 2.75) is 64.5 Å². The van der Waals surface area contributed by atoms with E-state index in [0.29, 0.717) is 11.5 Å². The van der Waals surface area contributed by atoms with Crippen molar-refractivity contribution >= 4 is 28.0 Å². The van der Waals surface area contributed by atoms with Crippen molar-refractivity contribution in [2.24, 2.45) is 0 Å². The van der Waals surface area contributed by atoms with Gasteiger partial charge in [-0.1, -0.05) is 6.07 Å². The number of alkyl halides is 3. The Morgan fingerprint density at radius 1 is 1.13 bits per heavy atom. The lowest BCUT2D eigenvalue weighted by atomic mass is 9.97. The molecular weight excluding hydrogens is 473 g/mol. The van der Waals surface area contributed by atoms with Crippen molar-refractivity contribution in [2.75, 3.05) is 13.2 Å². The normalized spacial score (nSPS) is 16.2. The van der Waals surface area contributed by atoms with Crippen LogP contribution in [0.1, 0.15) is 47.2 Å². The zero-order valence-electron chi connectivity index (χ0n) is 17.6. The summed E-state index contributed by atoms with van der Waals surface area (Å²) in [6.45, 7) is 7.28. The molecule has 0 aliphatic heterocycles. The van der Waals surface area contributed by atoms with E-state index in [2.05, 4.69) is 31.0 Å². The Labute approximate surface area is 181 Å². The molecule has 0 spiro atoms. The highest BCUT2D eigenvalue weighted by atomic mass is 79.9. The minimum Gasteiger partial charge on any atom is -0.464 e. The number of aromatic nitrogens is 1. The van der Waals surface area contributed by atoms with E-state index in [0.717, 1.165) is 0 Å². The molecule has 0 fully saturated rings. The fraction of sp³-hybridized carbons (Fsp3) is 0.632. The first-order chi connectivity index (χ1) is 13.5. The lowest BCUT2D eigenvalue weighted by molar-refractivity contribution is -0.274. The van der Waals surface area contributed by atoms with Crippen molar-refractivity contribution in [3.8, 4) is 0 Å². The molecule has 0 saturated heterocycles. The van der Waals surface area contributed by atoms with E-state index in [-0.39, 0.29) is 12.3 Å². The number of hydrogen-bond acceptors (Lipinski definition) is 6. The van der Waals surface area contributed by atoms with Crippen LogP contribution in [0.4, 0.5) is 18.0 Å². The fourth-order valence-corrected chi connectivity index (χ4v) is 2.58. The van der Waals surface area contributed by atoms with Gasteiger partial charge in [0.1, 0.15) is 15.7 Å². The molecule has 11 heteroatoms. The average Bonchev–Trinajstić information content (AvgIpc) is 2.57. The summed E-state index contributed by atoms with van der Waals surface area (Å²) in [7, 11) is 0. The largest absolute Gasteiger partial charge is 0.464 e. The predicted molar refractivity (Wildman–Crippen MR) is 106 cm³/mol. The molecule has 0 radical (unpaired) electrons. The Morgan fingerprint density at radius 3 is 2.20 bits per heavy atom. The summed E-state index contributed by atoms with van der Waals surface area (Å²) in [6, 6.07) is 4.70. The number of rotatable bonds is 7. The number of halogens is 4. The van der Waals surface area contributed by atoms with Crippen molar-refractivity contribution in [3.05, 3.63) is 28.5 Å². The van der Waals surface area contributed by atoms with Crippen LogP contribution in [0.25, 0.3) is 0 Å². The Kier molecular flexibility index (Phi) is 8.29. The van der Waals surface area contributed by atoms with Crippen molar-refractivity contribution in [1.29, 1.82) is 0 Å². The van der Waals surface area contributed by atoms with E-state index >= 15 is 0 Å². The molecule has 2 atom stereocenters. The van der Waals surface area contributed by atoms with Gasteiger partial charge >= 0.3 is 18.2 Å². The Morgan fingerprint density at radius 2 is 1.73 bits per heavy atom. The molecule has 7 nitrogen and oxygen atoms in total. The van der Waals surface area contributed by atoms with E-state index in [4.69, 9.17) is 9.47 Å². The van der Waals surface area contributed by atoms with Gasteiger partial charge in [0.15, 0.2) is 0 Å². The number of alkyl carbamates (subject to hydrolysis) is 1. The highest BCUT2D eigenvalue weighted by Crippen LogP contribution is 2.36. The summed E-state index contributed by atoms with van der Waals surface area (Å²) < 4.78 is 56.2. The van der Waals surface area contributed by atoms with Crippen LogP contribution in [0.15, 0.2) is 22.8 Å². The van der Waals surface area contributed by atoms with Crippen LogP contribution in [0.2, 0.25) is 0 Å². The third-order valence-electron chi connectivity index (χ3n) is 3.91. The molecule has 0 aromatic carbocycles. The Balaban J connectivity index is 3.28. The summed E-state index contributed by atoms with van der Waals surface area (Å²) in [6.07, 6.45) is -5.95. The van der Waals surface area contributed by atoms with Crippen LogP contribution in [0, 0.1) is 0 Å². The number of nitrogens with one attached hydrogen (secondary N) is 1. The van der Waals surface area contributed by atoms with Crippen LogP contribution in [-0.2, 0) is 24.5 Å². The minimum absolute atomic E-state index is 0.191. The number of esters is 1. The summed E-state index contributed by atoms with van der Waals surface area (Å²) in [5, 5.41) is 2.50. The standard InChI is InChI=1S/C19H26BrF3N2O5/c1-7-28-14(26)18(6,19(21,22)23)29-11-17(5,12-9-8-10-13(20)24-12)25-15(27)30-16(2,3)4/h8-10H,7,11H2,1-6H3,(H,25,27)/t17-,18-/m1/s1. The average molecular weight is 499 g/mol. The maximum absolute atomic E-state index is 13.6. The SMILES string of the molecule is CCOC(=O)[C@@](C)(OC[C@@](C)(NC(=O)OC(C)(C)C)c1cccc(Br)n1)C(F)(F)F.